The molecule has 8 heteroatoms. The van der Waals surface area contributed by atoms with Crippen LogP contribution >= 0.6 is 11.6 Å². The molecule has 0 unspecified atom stereocenters. The van der Waals surface area contributed by atoms with Crippen LogP contribution in [0.1, 0.15) is 10.4 Å². The highest BCUT2D eigenvalue weighted by Crippen LogP contribution is 2.29. The zero-order valence-electron chi connectivity index (χ0n) is 11.2. The molecule has 7 nitrogen and oxygen atoms in total. The van der Waals surface area contributed by atoms with Gasteiger partial charge in [-0.25, -0.2) is 4.79 Å². The summed E-state index contributed by atoms with van der Waals surface area (Å²) in [5, 5.41) is 9.44. The number of halogens is 1. The molecule has 0 fully saturated rings. The summed E-state index contributed by atoms with van der Waals surface area (Å²) in [4.78, 5) is 19.1. The number of aromatic nitrogens is 2. The van der Waals surface area contributed by atoms with Gasteiger partial charge in [0.05, 0.1) is 20.3 Å². The van der Waals surface area contributed by atoms with Crippen molar-refractivity contribution in [1.82, 2.24) is 9.97 Å². The molecule has 1 aromatic heterocycles. The molecule has 21 heavy (non-hydrogen) atoms. The number of ether oxygens (including phenoxy) is 3. The molecule has 2 aromatic rings. The van der Waals surface area contributed by atoms with Gasteiger partial charge >= 0.3 is 12.0 Å². The van der Waals surface area contributed by atoms with Crippen LogP contribution < -0.4 is 14.2 Å². The first-order valence-corrected chi connectivity index (χ1v) is 6.09. The van der Waals surface area contributed by atoms with Crippen LogP contribution in [0.5, 0.6) is 23.5 Å². The zero-order chi connectivity index (χ0) is 15.4. The quantitative estimate of drug-likeness (QED) is 0.907. The molecule has 0 aliphatic heterocycles. The Morgan fingerprint density at radius 2 is 1.86 bits per heavy atom. The summed E-state index contributed by atoms with van der Waals surface area (Å²) in [5.74, 6) is -0.763. The fraction of sp³-hybridized carbons (Fsp3) is 0.154. The Balaban J connectivity index is 2.40. The molecule has 0 amide bonds. The van der Waals surface area contributed by atoms with Crippen LogP contribution in [0.2, 0.25) is 5.02 Å². The number of carbonyl (C=O) groups is 1. The number of carboxylic acids is 1. The first-order chi connectivity index (χ1) is 10.0. The number of nitrogens with zero attached hydrogens (tertiary/aromatic N) is 2. The molecule has 0 aliphatic rings. The van der Waals surface area contributed by atoms with Crippen molar-refractivity contribution in [1.29, 1.82) is 0 Å². The zero-order valence-corrected chi connectivity index (χ0v) is 11.9. The van der Waals surface area contributed by atoms with E-state index in [0.717, 1.165) is 0 Å². The minimum absolute atomic E-state index is 0.0372. The summed E-state index contributed by atoms with van der Waals surface area (Å²) in [6, 6.07) is 5.68. The fourth-order valence-corrected chi connectivity index (χ4v) is 1.67. The van der Waals surface area contributed by atoms with Gasteiger partial charge in [-0.05, 0) is 18.2 Å². The Morgan fingerprint density at radius 1 is 1.14 bits per heavy atom. The van der Waals surface area contributed by atoms with E-state index in [-0.39, 0.29) is 34.1 Å². The van der Waals surface area contributed by atoms with Gasteiger partial charge in [0.1, 0.15) is 11.3 Å². The smallest absolute Gasteiger partial charge is 0.339 e. The Labute approximate surface area is 125 Å². The lowest BCUT2D eigenvalue weighted by Crippen LogP contribution is -2.02. The Kier molecular flexibility index (Phi) is 4.44. The van der Waals surface area contributed by atoms with Crippen LogP contribution in [0.3, 0.4) is 0 Å². The van der Waals surface area contributed by atoms with Crippen molar-refractivity contribution in [2.45, 2.75) is 0 Å². The van der Waals surface area contributed by atoms with Gasteiger partial charge in [0.25, 0.3) is 0 Å². The summed E-state index contributed by atoms with van der Waals surface area (Å²) in [6.45, 7) is 0. The van der Waals surface area contributed by atoms with Crippen molar-refractivity contribution in [2.24, 2.45) is 0 Å². The number of hydrogen-bond donors (Lipinski definition) is 1. The highest BCUT2D eigenvalue weighted by atomic mass is 35.5. The maximum absolute atomic E-state index is 11.2. The van der Waals surface area contributed by atoms with E-state index in [1.807, 2.05) is 0 Å². The normalized spacial score (nSPS) is 10.0. The molecule has 0 atom stereocenters. The number of benzene rings is 1. The second kappa shape index (κ2) is 6.27. The van der Waals surface area contributed by atoms with E-state index in [1.165, 1.54) is 38.5 Å². The van der Waals surface area contributed by atoms with Gasteiger partial charge in [-0.2, -0.15) is 9.97 Å². The largest absolute Gasteiger partial charge is 0.481 e. The van der Waals surface area contributed by atoms with E-state index in [2.05, 4.69) is 9.97 Å². The Bertz CT molecular complexity index is 655. The van der Waals surface area contributed by atoms with Crippen molar-refractivity contribution in [3.8, 4) is 23.5 Å². The summed E-state index contributed by atoms with van der Waals surface area (Å²) >= 11 is 5.77. The molecule has 1 aromatic carbocycles. The molecule has 1 heterocycles. The SMILES string of the molecule is COc1cc(Oc2ccc(Cl)cc2C(=O)O)nc(OC)n1. The third kappa shape index (κ3) is 3.51. The average molecular weight is 311 g/mol. The van der Waals surface area contributed by atoms with Crippen molar-refractivity contribution < 1.29 is 24.1 Å². The molecule has 0 saturated carbocycles. The predicted octanol–water partition coefficient (Wildman–Crippen LogP) is 2.64. The van der Waals surface area contributed by atoms with E-state index < -0.39 is 5.97 Å². The first kappa shape index (κ1) is 14.9. The summed E-state index contributed by atoms with van der Waals surface area (Å²) in [5.41, 5.74) is -0.0842. The number of rotatable bonds is 5. The third-order valence-corrected chi connectivity index (χ3v) is 2.67. The third-order valence-electron chi connectivity index (χ3n) is 2.44. The number of hydrogen-bond acceptors (Lipinski definition) is 6. The van der Waals surface area contributed by atoms with Gasteiger partial charge in [0, 0.05) is 5.02 Å². The van der Waals surface area contributed by atoms with E-state index in [9.17, 15) is 4.79 Å². The highest BCUT2D eigenvalue weighted by molar-refractivity contribution is 6.31. The van der Waals surface area contributed by atoms with Crippen molar-refractivity contribution in [2.75, 3.05) is 14.2 Å². The van der Waals surface area contributed by atoms with E-state index in [0.29, 0.717) is 0 Å². The van der Waals surface area contributed by atoms with Gasteiger partial charge in [0.15, 0.2) is 0 Å². The van der Waals surface area contributed by atoms with Crippen molar-refractivity contribution in [3.63, 3.8) is 0 Å². The first-order valence-electron chi connectivity index (χ1n) is 5.71. The number of carboxylic acid groups (broad SMARTS) is 1. The van der Waals surface area contributed by atoms with E-state index >= 15 is 0 Å². The van der Waals surface area contributed by atoms with Crippen molar-refractivity contribution in [3.05, 3.63) is 34.9 Å². The van der Waals surface area contributed by atoms with Crippen LogP contribution in [0, 0.1) is 0 Å². The van der Waals surface area contributed by atoms with Crippen LogP contribution in [0.4, 0.5) is 0 Å². The second-order valence-electron chi connectivity index (χ2n) is 3.78. The molecular formula is C13H11ClN2O5. The number of methoxy groups -OCH3 is 2. The Hall–Kier alpha value is -2.54. The molecule has 0 saturated heterocycles. The molecule has 110 valence electrons. The molecule has 0 spiro atoms. The number of aromatic carboxylic acids is 1. The van der Waals surface area contributed by atoms with Crippen LogP contribution in [-0.4, -0.2) is 35.3 Å². The average Bonchev–Trinajstić information content (AvgIpc) is 2.48. The fourth-order valence-electron chi connectivity index (χ4n) is 1.50. The predicted molar refractivity (Wildman–Crippen MR) is 73.6 cm³/mol. The van der Waals surface area contributed by atoms with Crippen LogP contribution in [0.15, 0.2) is 24.3 Å². The van der Waals surface area contributed by atoms with Crippen LogP contribution in [0.25, 0.3) is 0 Å². The van der Waals surface area contributed by atoms with Gasteiger partial charge in [0.2, 0.25) is 11.8 Å². The van der Waals surface area contributed by atoms with Crippen molar-refractivity contribution >= 4 is 17.6 Å². The second-order valence-corrected chi connectivity index (χ2v) is 4.22. The lowest BCUT2D eigenvalue weighted by atomic mass is 10.2. The van der Waals surface area contributed by atoms with Gasteiger partial charge in [-0.1, -0.05) is 11.6 Å². The lowest BCUT2D eigenvalue weighted by Gasteiger charge is -2.10. The standard InChI is InChI=1S/C13H11ClN2O5/c1-19-10-6-11(16-13(15-10)20-2)21-9-4-3-7(14)5-8(9)12(17)18/h3-6H,1-2H3,(H,17,18). The van der Waals surface area contributed by atoms with Gasteiger partial charge in [-0.3, -0.25) is 0 Å². The maximum Gasteiger partial charge on any atom is 0.339 e. The van der Waals surface area contributed by atoms with E-state index in [1.54, 1.807) is 0 Å². The van der Waals surface area contributed by atoms with E-state index in [4.69, 9.17) is 30.9 Å². The molecular weight excluding hydrogens is 300 g/mol. The monoisotopic (exact) mass is 310 g/mol. The molecule has 0 radical (unpaired) electrons. The van der Waals surface area contributed by atoms with Gasteiger partial charge < -0.3 is 19.3 Å². The minimum Gasteiger partial charge on any atom is -0.481 e. The molecule has 0 aliphatic carbocycles. The summed E-state index contributed by atoms with van der Waals surface area (Å²) in [6.07, 6.45) is 0. The topological polar surface area (TPSA) is 90.8 Å². The maximum atomic E-state index is 11.2. The summed E-state index contributed by atoms with van der Waals surface area (Å²) < 4.78 is 15.4. The summed E-state index contributed by atoms with van der Waals surface area (Å²) in [7, 11) is 2.82. The van der Waals surface area contributed by atoms with Gasteiger partial charge in [-0.15, -0.1) is 0 Å². The molecule has 0 bridgehead atoms. The minimum atomic E-state index is -1.17. The molecule has 2 rings (SSSR count). The lowest BCUT2D eigenvalue weighted by molar-refractivity contribution is 0.0694. The molecule has 1 N–H and O–H groups in total. The van der Waals surface area contributed by atoms with Crippen LogP contribution in [-0.2, 0) is 0 Å². The highest BCUT2D eigenvalue weighted by Gasteiger charge is 2.15. The Morgan fingerprint density at radius 3 is 2.48 bits per heavy atom.